The summed E-state index contributed by atoms with van der Waals surface area (Å²) in [6.07, 6.45) is 6.52. The largest absolute Gasteiger partial charge is 0.395 e. The van der Waals surface area contributed by atoms with Crippen molar-refractivity contribution in [2.75, 3.05) is 40.3 Å². The fraction of sp³-hybridized carbons (Fsp3) is 0.533. The summed E-state index contributed by atoms with van der Waals surface area (Å²) in [7, 11) is 3.53. The molecule has 3 atom stereocenters. The second kappa shape index (κ2) is 10.7. The molecule has 0 unspecified atom stereocenters. The van der Waals surface area contributed by atoms with E-state index in [9.17, 15) is 14.7 Å². The van der Waals surface area contributed by atoms with Crippen molar-refractivity contribution < 1.29 is 14.7 Å². The van der Waals surface area contributed by atoms with Gasteiger partial charge >= 0.3 is 0 Å². The van der Waals surface area contributed by atoms with E-state index < -0.39 is 0 Å². The third-order valence-corrected chi connectivity index (χ3v) is 8.53. The molecule has 36 heavy (non-hydrogen) atoms. The molecule has 2 aromatic carbocycles. The van der Waals surface area contributed by atoms with Gasteiger partial charge in [0.2, 0.25) is 5.91 Å². The summed E-state index contributed by atoms with van der Waals surface area (Å²) in [5.74, 6) is 0.764. The molecule has 3 fully saturated rings. The summed E-state index contributed by atoms with van der Waals surface area (Å²) in [4.78, 5) is 31.8. The Morgan fingerprint density at radius 3 is 2.36 bits per heavy atom. The normalized spacial score (nSPS) is 25.0. The number of aliphatic hydroxyl groups is 1. The Balaban J connectivity index is 1.36. The maximum absolute atomic E-state index is 13.3. The van der Waals surface area contributed by atoms with Gasteiger partial charge in [-0.1, -0.05) is 49.2 Å². The van der Waals surface area contributed by atoms with Crippen LogP contribution in [0.1, 0.15) is 60.4 Å². The highest BCUT2D eigenvalue weighted by Crippen LogP contribution is 2.42. The molecular formula is C30H39N3O3. The van der Waals surface area contributed by atoms with Crippen LogP contribution in [0, 0.1) is 5.92 Å². The van der Waals surface area contributed by atoms with Gasteiger partial charge in [-0.05, 0) is 61.1 Å². The first-order valence-corrected chi connectivity index (χ1v) is 13.6. The van der Waals surface area contributed by atoms with Gasteiger partial charge in [-0.3, -0.25) is 14.5 Å². The van der Waals surface area contributed by atoms with E-state index in [0.29, 0.717) is 11.5 Å². The van der Waals surface area contributed by atoms with Gasteiger partial charge in [0, 0.05) is 56.7 Å². The molecule has 2 saturated heterocycles. The van der Waals surface area contributed by atoms with E-state index in [-0.39, 0.29) is 36.4 Å². The zero-order valence-electron chi connectivity index (χ0n) is 21.6. The Hall–Kier alpha value is -2.70. The SMILES string of the molecule is CN(C)C(=O)c1cccc(-c2ccc([C@H]3[C@H]4CN(C(=O)C5CCCC5)CCCCN4[C@H]3CO)cc2)c1. The summed E-state index contributed by atoms with van der Waals surface area (Å²) in [6, 6.07) is 16.7. The van der Waals surface area contributed by atoms with Crippen LogP contribution in [0.4, 0.5) is 0 Å². The van der Waals surface area contributed by atoms with E-state index in [1.165, 1.54) is 18.4 Å². The van der Waals surface area contributed by atoms with Gasteiger partial charge < -0.3 is 14.9 Å². The third-order valence-electron chi connectivity index (χ3n) is 8.53. The highest BCUT2D eigenvalue weighted by Gasteiger charge is 2.49. The minimum Gasteiger partial charge on any atom is -0.395 e. The third kappa shape index (κ3) is 4.81. The monoisotopic (exact) mass is 489 g/mol. The number of carbonyl (C=O) groups excluding carboxylic acids is 2. The van der Waals surface area contributed by atoms with Gasteiger partial charge in [-0.2, -0.15) is 0 Å². The molecule has 2 aromatic rings. The Kier molecular flexibility index (Phi) is 7.44. The molecule has 6 heteroatoms. The van der Waals surface area contributed by atoms with Crippen LogP contribution in [0.2, 0.25) is 0 Å². The van der Waals surface area contributed by atoms with E-state index in [1.54, 1.807) is 19.0 Å². The smallest absolute Gasteiger partial charge is 0.253 e. The molecule has 0 aromatic heterocycles. The van der Waals surface area contributed by atoms with Crippen molar-refractivity contribution >= 4 is 11.8 Å². The van der Waals surface area contributed by atoms with Crippen LogP contribution < -0.4 is 0 Å². The number of nitrogens with zero attached hydrogens (tertiary/aromatic N) is 3. The molecule has 1 aliphatic carbocycles. The van der Waals surface area contributed by atoms with E-state index in [2.05, 4.69) is 34.1 Å². The van der Waals surface area contributed by atoms with Gasteiger partial charge in [0.05, 0.1) is 6.61 Å². The molecule has 3 aliphatic rings. The quantitative estimate of drug-likeness (QED) is 0.690. The predicted molar refractivity (Wildman–Crippen MR) is 142 cm³/mol. The second-order valence-corrected chi connectivity index (χ2v) is 11.0. The number of carbonyl (C=O) groups is 2. The van der Waals surface area contributed by atoms with Gasteiger partial charge in [0.25, 0.3) is 5.91 Å². The zero-order chi connectivity index (χ0) is 25.2. The first-order chi connectivity index (χ1) is 17.5. The number of hydrogen-bond acceptors (Lipinski definition) is 4. The van der Waals surface area contributed by atoms with Crippen molar-refractivity contribution in [3.63, 3.8) is 0 Å². The maximum Gasteiger partial charge on any atom is 0.253 e. The lowest BCUT2D eigenvalue weighted by atomic mass is 9.74. The average molecular weight is 490 g/mol. The summed E-state index contributed by atoms with van der Waals surface area (Å²) in [5.41, 5.74) is 3.98. The fourth-order valence-electron chi connectivity index (χ4n) is 6.56. The van der Waals surface area contributed by atoms with Crippen LogP contribution in [0.25, 0.3) is 11.1 Å². The Morgan fingerprint density at radius 2 is 1.67 bits per heavy atom. The summed E-state index contributed by atoms with van der Waals surface area (Å²) in [6.45, 7) is 2.74. The van der Waals surface area contributed by atoms with Crippen molar-refractivity contribution in [2.24, 2.45) is 5.92 Å². The first-order valence-electron chi connectivity index (χ1n) is 13.6. The fourth-order valence-corrected chi connectivity index (χ4v) is 6.56. The number of benzene rings is 2. The molecule has 2 amide bonds. The number of hydrogen-bond donors (Lipinski definition) is 1. The Bertz CT molecular complexity index is 1080. The van der Waals surface area contributed by atoms with E-state index in [0.717, 1.165) is 56.4 Å². The topological polar surface area (TPSA) is 64.1 Å². The van der Waals surface area contributed by atoms with Crippen LogP contribution in [0.5, 0.6) is 0 Å². The molecule has 0 bridgehead atoms. The minimum absolute atomic E-state index is 0.00481. The second-order valence-electron chi connectivity index (χ2n) is 11.0. The van der Waals surface area contributed by atoms with Gasteiger partial charge in [0.15, 0.2) is 0 Å². The number of rotatable bonds is 5. The van der Waals surface area contributed by atoms with Crippen LogP contribution in [-0.4, -0.2) is 84.0 Å². The summed E-state index contributed by atoms with van der Waals surface area (Å²) >= 11 is 0. The highest BCUT2D eigenvalue weighted by atomic mass is 16.3. The van der Waals surface area contributed by atoms with Crippen LogP contribution in [0.15, 0.2) is 48.5 Å². The first kappa shape index (κ1) is 25.0. The lowest BCUT2D eigenvalue weighted by Gasteiger charge is -2.57. The van der Waals surface area contributed by atoms with Crippen molar-refractivity contribution in [3.05, 3.63) is 59.7 Å². The number of amides is 2. The highest BCUT2D eigenvalue weighted by molar-refractivity contribution is 5.95. The van der Waals surface area contributed by atoms with Crippen molar-refractivity contribution in [1.82, 2.24) is 14.7 Å². The van der Waals surface area contributed by atoms with Crippen molar-refractivity contribution in [1.29, 1.82) is 0 Å². The molecular weight excluding hydrogens is 450 g/mol. The minimum atomic E-state index is -0.00481. The van der Waals surface area contributed by atoms with Crippen LogP contribution >= 0.6 is 0 Å². The van der Waals surface area contributed by atoms with Crippen LogP contribution in [-0.2, 0) is 4.79 Å². The standard InChI is InChI=1S/C30H39N3O3/c1-31(2)29(35)25-11-7-10-24(18-25)21-12-14-22(15-13-21)28-26-19-32(30(36)23-8-3-4-9-23)16-5-6-17-33(26)27(28)20-34/h7,10-15,18,23,26-28,34H,3-6,8-9,16-17,19-20H2,1-2H3/t26-,27+,28+/m1/s1. The van der Waals surface area contributed by atoms with Crippen LogP contribution in [0.3, 0.4) is 0 Å². The molecule has 6 nitrogen and oxygen atoms in total. The van der Waals surface area contributed by atoms with Gasteiger partial charge in [0.1, 0.15) is 0 Å². The van der Waals surface area contributed by atoms with Gasteiger partial charge in [-0.25, -0.2) is 0 Å². The molecule has 192 valence electrons. The molecule has 5 rings (SSSR count). The molecule has 0 radical (unpaired) electrons. The predicted octanol–water partition coefficient (Wildman–Crippen LogP) is 4.00. The lowest BCUT2D eigenvalue weighted by molar-refractivity contribution is -0.140. The molecule has 0 spiro atoms. The lowest BCUT2D eigenvalue weighted by Crippen LogP contribution is -2.68. The molecule has 2 aliphatic heterocycles. The van der Waals surface area contributed by atoms with E-state index in [4.69, 9.17) is 0 Å². The van der Waals surface area contributed by atoms with E-state index in [1.807, 2.05) is 24.3 Å². The molecule has 1 N–H and O–H groups in total. The Morgan fingerprint density at radius 1 is 0.944 bits per heavy atom. The summed E-state index contributed by atoms with van der Waals surface area (Å²) in [5, 5.41) is 10.3. The van der Waals surface area contributed by atoms with Crippen molar-refractivity contribution in [3.8, 4) is 11.1 Å². The number of fused-ring (bicyclic) bond motifs is 1. The zero-order valence-corrected chi connectivity index (χ0v) is 21.6. The maximum atomic E-state index is 13.3. The Labute approximate surface area is 214 Å². The van der Waals surface area contributed by atoms with Gasteiger partial charge in [-0.15, -0.1) is 0 Å². The van der Waals surface area contributed by atoms with E-state index >= 15 is 0 Å². The molecule has 1 saturated carbocycles. The van der Waals surface area contributed by atoms with Crippen molar-refractivity contribution in [2.45, 2.75) is 56.5 Å². The molecule has 2 heterocycles. The average Bonchev–Trinajstić information content (AvgIpc) is 3.42. The number of aliphatic hydroxyl groups excluding tert-OH is 1. The summed E-state index contributed by atoms with van der Waals surface area (Å²) < 4.78 is 0.